The summed E-state index contributed by atoms with van der Waals surface area (Å²) in [6, 6.07) is 10.3. The van der Waals surface area contributed by atoms with Gasteiger partial charge in [0.2, 0.25) is 0 Å². The molecule has 0 heterocycles. The van der Waals surface area contributed by atoms with Crippen LogP contribution in [0.1, 0.15) is 5.56 Å². The molecule has 1 nitrogen and oxygen atoms in total. The van der Waals surface area contributed by atoms with Crippen molar-refractivity contribution in [3.8, 4) is 11.1 Å². The summed E-state index contributed by atoms with van der Waals surface area (Å²) in [5, 5.41) is 0.133. The van der Waals surface area contributed by atoms with E-state index >= 15 is 0 Å². The van der Waals surface area contributed by atoms with Gasteiger partial charge in [-0.2, -0.15) is 0 Å². The summed E-state index contributed by atoms with van der Waals surface area (Å²) in [4.78, 5) is 0. The van der Waals surface area contributed by atoms with Gasteiger partial charge >= 0.3 is 0 Å². The first-order chi connectivity index (χ1) is 7.59. The summed E-state index contributed by atoms with van der Waals surface area (Å²) < 4.78 is 13.8. The quantitative estimate of drug-likeness (QED) is 0.742. The van der Waals surface area contributed by atoms with Crippen molar-refractivity contribution < 1.29 is 4.39 Å². The molecule has 16 heavy (non-hydrogen) atoms. The smallest absolute Gasteiger partial charge is 0.149 e. The van der Waals surface area contributed by atoms with Gasteiger partial charge in [0, 0.05) is 11.3 Å². The van der Waals surface area contributed by atoms with Crippen LogP contribution in [0.4, 0.5) is 10.1 Å². The molecule has 0 aliphatic heterocycles. The van der Waals surface area contributed by atoms with Crippen LogP contribution in [-0.4, -0.2) is 0 Å². The molecule has 0 unspecified atom stereocenters. The van der Waals surface area contributed by atoms with E-state index in [2.05, 4.69) is 0 Å². The van der Waals surface area contributed by atoms with E-state index in [1.54, 1.807) is 24.3 Å². The van der Waals surface area contributed by atoms with Crippen molar-refractivity contribution in [2.24, 2.45) is 0 Å². The zero-order valence-corrected chi connectivity index (χ0v) is 9.55. The number of hydrogen-bond donors (Lipinski definition) is 1. The lowest BCUT2D eigenvalue weighted by atomic mass is 10.00. The van der Waals surface area contributed by atoms with Crippen molar-refractivity contribution >= 4 is 17.3 Å². The standard InChI is InChI=1S/C13H11ClFN/c1-8-7-9(16)5-6-10(8)11-3-2-4-12(14)13(11)15/h2-7H,16H2,1H3. The number of hydrogen-bond acceptors (Lipinski definition) is 1. The summed E-state index contributed by atoms with van der Waals surface area (Å²) in [6.07, 6.45) is 0. The van der Waals surface area contributed by atoms with Crippen molar-refractivity contribution in [1.82, 2.24) is 0 Å². The van der Waals surface area contributed by atoms with Gasteiger partial charge in [-0.05, 0) is 36.2 Å². The summed E-state index contributed by atoms with van der Waals surface area (Å²) >= 11 is 5.75. The number of halogens is 2. The van der Waals surface area contributed by atoms with Crippen molar-refractivity contribution in [2.45, 2.75) is 6.92 Å². The molecular formula is C13H11ClFN. The Morgan fingerprint density at radius 1 is 1.12 bits per heavy atom. The largest absolute Gasteiger partial charge is 0.399 e. The molecule has 0 radical (unpaired) electrons. The molecule has 0 saturated heterocycles. The van der Waals surface area contributed by atoms with Crippen molar-refractivity contribution in [3.05, 3.63) is 52.8 Å². The Kier molecular flexibility index (Phi) is 2.84. The zero-order chi connectivity index (χ0) is 11.7. The third-order valence-electron chi connectivity index (χ3n) is 2.49. The highest BCUT2D eigenvalue weighted by atomic mass is 35.5. The van der Waals surface area contributed by atoms with E-state index in [1.807, 2.05) is 13.0 Å². The van der Waals surface area contributed by atoms with E-state index in [9.17, 15) is 4.39 Å². The molecular weight excluding hydrogens is 225 g/mol. The fourth-order valence-electron chi connectivity index (χ4n) is 1.70. The third-order valence-corrected chi connectivity index (χ3v) is 2.78. The fourth-order valence-corrected chi connectivity index (χ4v) is 1.88. The lowest BCUT2D eigenvalue weighted by Gasteiger charge is -2.08. The molecule has 0 atom stereocenters. The van der Waals surface area contributed by atoms with Crippen LogP contribution in [0.25, 0.3) is 11.1 Å². The number of nitrogens with two attached hydrogens (primary N) is 1. The molecule has 0 saturated carbocycles. The van der Waals surface area contributed by atoms with Gasteiger partial charge in [-0.25, -0.2) is 4.39 Å². The molecule has 2 aromatic carbocycles. The van der Waals surface area contributed by atoms with Gasteiger partial charge in [0.25, 0.3) is 0 Å². The summed E-state index contributed by atoms with van der Waals surface area (Å²) in [5.74, 6) is -0.392. The average molecular weight is 236 g/mol. The number of anilines is 1. The predicted molar refractivity (Wildman–Crippen MR) is 66.0 cm³/mol. The van der Waals surface area contributed by atoms with E-state index in [1.165, 1.54) is 6.07 Å². The van der Waals surface area contributed by atoms with Crippen LogP contribution in [0.2, 0.25) is 5.02 Å². The molecule has 0 fully saturated rings. The maximum Gasteiger partial charge on any atom is 0.149 e. The van der Waals surface area contributed by atoms with Crippen LogP contribution in [0.3, 0.4) is 0 Å². The van der Waals surface area contributed by atoms with Crippen LogP contribution >= 0.6 is 11.6 Å². The number of rotatable bonds is 1. The molecule has 3 heteroatoms. The fraction of sp³-hybridized carbons (Fsp3) is 0.0769. The molecule has 0 aromatic heterocycles. The molecule has 2 rings (SSSR count). The first-order valence-electron chi connectivity index (χ1n) is 4.90. The average Bonchev–Trinajstić information content (AvgIpc) is 2.23. The van der Waals surface area contributed by atoms with Gasteiger partial charge in [0.1, 0.15) is 5.82 Å². The topological polar surface area (TPSA) is 26.0 Å². The Morgan fingerprint density at radius 2 is 1.88 bits per heavy atom. The molecule has 2 aromatic rings. The van der Waals surface area contributed by atoms with E-state index in [-0.39, 0.29) is 5.02 Å². The Hall–Kier alpha value is -1.54. The summed E-state index contributed by atoms with van der Waals surface area (Å²) in [5.41, 5.74) is 8.57. The lowest BCUT2D eigenvalue weighted by molar-refractivity contribution is 0.631. The van der Waals surface area contributed by atoms with Crippen LogP contribution in [0.15, 0.2) is 36.4 Å². The second kappa shape index (κ2) is 4.14. The lowest BCUT2D eigenvalue weighted by Crippen LogP contribution is -1.91. The molecule has 0 spiro atoms. The first kappa shape index (κ1) is 11.0. The second-order valence-corrected chi connectivity index (χ2v) is 4.08. The van der Waals surface area contributed by atoms with Gasteiger partial charge < -0.3 is 5.73 Å². The van der Waals surface area contributed by atoms with Gasteiger partial charge in [0.05, 0.1) is 5.02 Å². The van der Waals surface area contributed by atoms with E-state index in [0.717, 1.165) is 11.1 Å². The van der Waals surface area contributed by atoms with Gasteiger partial charge in [-0.15, -0.1) is 0 Å². The Balaban J connectivity index is 2.63. The monoisotopic (exact) mass is 235 g/mol. The molecule has 0 aliphatic carbocycles. The van der Waals surface area contributed by atoms with Crippen molar-refractivity contribution in [1.29, 1.82) is 0 Å². The summed E-state index contributed by atoms with van der Waals surface area (Å²) in [6.45, 7) is 1.89. The van der Waals surface area contributed by atoms with Crippen LogP contribution in [0, 0.1) is 12.7 Å². The Morgan fingerprint density at radius 3 is 2.56 bits per heavy atom. The zero-order valence-electron chi connectivity index (χ0n) is 8.80. The molecule has 0 amide bonds. The first-order valence-corrected chi connectivity index (χ1v) is 5.28. The Bertz CT molecular complexity index is 537. The minimum absolute atomic E-state index is 0.133. The molecule has 0 bridgehead atoms. The summed E-state index contributed by atoms with van der Waals surface area (Å²) in [7, 11) is 0. The van der Waals surface area contributed by atoms with E-state index in [0.29, 0.717) is 11.3 Å². The highest BCUT2D eigenvalue weighted by molar-refractivity contribution is 6.31. The van der Waals surface area contributed by atoms with Gasteiger partial charge in [-0.1, -0.05) is 29.8 Å². The number of nitrogen functional groups attached to an aromatic ring is 1. The minimum atomic E-state index is -0.392. The maximum atomic E-state index is 13.8. The van der Waals surface area contributed by atoms with Gasteiger partial charge in [-0.3, -0.25) is 0 Å². The van der Waals surface area contributed by atoms with E-state index < -0.39 is 5.82 Å². The maximum absolute atomic E-state index is 13.8. The number of benzene rings is 2. The van der Waals surface area contributed by atoms with Crippen molar-refractivity contribution in [2.75, 3.05) is 5.73 Å². The van der Waals surface area contributed by atoms with Crippen molar-refractivity contribution in [3.63, 3.8) is 0 Å². The highest BCUT2D eigenvalue weighted by Gasteiger charge is 2.10. The molecule has 82 valence electrons. The SMILES string of the molecule is Cc1cc(N)ccc1-c1cccc(Cl)c1F. The van der Waals surface area contributed by atoms with E-state index in [4.69, 9.17) is 17.3 Å². The molecule has 2 N–H and O–H groups in total. The highest BCUT2D eigenvalue weighted by Crippen LogP contribution is 2.30. The minimum Gasteiger partial charge on any atom is -0.399 e. The predicted octanol–water partition coefficient (Wildman–Crippen LogP) is 4.04. The second-order valence-electron chi connectivity index (χ2n) is 3.68. The van der Waals surface area contributed by atoms with Crippen LogP contribution < -0.4 is 5.73 Å². The van der Waals surface area contributed by atoms with Gasteiger partial charge in [0.15, 0.2) is 0 Å². The van der Waals surface area contributed by atoms with Crippen LogP contribution in [-0.2, 0) is 0 Å². The normalized spacial score (nSPS) is 10.4. The van der Waals surface area contributed by atoms with Crippen LogP contribution in [0.5, 0.6) is 0 Å². The Labute approximate surface area is 98.7 Å². The number of aryl methyl sites for hydroxylation is 1. The third kappa shape index (κ3) is 1.89. The molecule has 0 aliphatic rings.